The van der Waals surface area contributed by atoms with Crippen molar-refractivity contribution in [3.05, 3.63) is 28.5 Å². The Labute approximate surface area is 127 Å². The van der Waals surface area contributed by atoms with E-state index in [2.05, 4.69) is 4.98 Å². The lowest BCUT2D eigenvalue weighted by molar-refractivity contribution is -0.141. The van der Waals surface area contributed by atoms with Gasteiger partial charge in [0.2, 0.25) is 0 Å². The maximum Gasteiger partial charge on any atom is 0.326 e. The Balaban J connectivity index is 2.28. The third-order valence-corrected chi connectivity index (χ3v) is 3.62. The van der Waals surface area contributed by atoms with Crippen molar-refractivity contribution in [1.29, 1.82) is 0 Å². The second-order valence-corrected chi connectivity index (χ2v) is 5.51. The summed E-state index contributed by atoms with van der Waals surface area (Å²) in [7, 11) is 0. The molecule has 6 nitrogen and oxygen atoms in total. The van der Waals surface area contributed by atoms with Crippen molar-refractivity contribution >= 4 is 23.5 Å². The highest BCUT2D eigenvalue weighted by Crippen LogP contribution is 2.22. The molecule has 7 heteroatoms. The Morgan fingerprint density at radius 1 is 1.48 bits per heavy atom. The predicted octanol–water partition coefficient (Wildman–Crippen LogP) is 1.35. The van der Waals surface area contributed by atoms with Crippen molar-refractivity contribution in [2.24, 2.45) is 0 Å². The Bertz CT molecular complexity index is 564. The van der Waals surface area contributed by atoms with Crippen molar-refractivity contribution in [2.75, 3.05) is 6.54 Å². The maximum absolute atomic E-state index is 12.5. The summed E-state index contributed by atoms with van der Waals surface area (Å²) in [6.07, 6.45) is 0.775. The molecular formula is C14H17ClN2O4. The van der Waals surface area contributed by atoms with Crippen LogP contribution in [0.3, 0.4) is 0 Å². The van der Waals surface area contributed by atoms with Crippen molar-refractivity contribution in [3.8, 4) is 0 Å². The van der Waals surface area contributed by atoms with Crippen LogP contribution in [-0.2, 0) is 11.2 Å². The predicted molar refractivity (Wildman–Crippen MR) is 76.3 cm³/mol. The first-order valence-corrected chi connectivity index (χ1v) is 7.18. The van der Waals surface area contributed by atoms with Crippen LogP contribution < -0.4 is 0 Å². The monoisotopic (exact) mass is 312 g/mol. The van der Waals surface area contributed by atoms with E-state index in [4.69, 9.17) is 16.7 Å². The normalized spacial score (nSPS) is 21.6. The summed E-state index contributed by atoms with van der Waals surface area (Å²) in [5, 5.41) is 19.0. The zero-order valence-corrected chi connectivity index (χ0v) is 12.4. The third-order valence-electron chi connectivity index (χ3n) is 3.43. The lowest BCUT2D eigenvalue weighted by atomic mass is 10.1. The number of carbonyl (C=O) groups is 2. The molecule has 1 aromatic heterocycles. The Kier molecular flexibility index (Phi) is 4.80. The molecule has 1 amide bonds. The first-order valence-electron chi connectivity index (χ1n) is 6.80. The first kappa shape index (κ1) is 15.7. The van der Waals surface area contributed by atoms with Gasteiger partial charge in [-0.1, -0.05) is 24.9 Å². The molecule has 1 fully saturated rings. The molecule has 0 aromatic carbocycles. The summed E-state index contributed by atoms with van der Waals surface area (Å²) >= 11 is 5.92. The molecule has 0 spiro atoms. The van der Waals surface area contributed by atoms with Gasteiger partial charge in [0.1, 0.15) is 11.2 Å². The van der Waals surface area contributed by atoms with Crippen LogP contribution in [0.1, 0.15) is 35.8 Å². The van der Waals surface area contributed by atoms with Gasteiger partial charge in [-0.3, -0.25) is 4.79 Å². The van der Waals surface area contributed by atoms with Gasteiger partial charge in [-0.05, 0) is 18.6 Å². The molecule has 114 valence electrons. The van der Waals surface area contributed by atoms with E-state index in [0.29, 0.717) is 17.7 Å². The molecule has 2 N–H and O–H groups in total. The van der Waals surface area contributed by atoms with Crippen LogP contribution in [0.25, 0.3) is 0 Å². The standard InChI is InChI=1S/C14H17ClN2O4/c1-2-3-9-4-8(5-12(15)16-9)13(19)17-7-10(18)6-11(17)14(20)21/h4-5,10-11,18H,2-3,6-7H2,1H3,(H,20,21)/t10-,11-/m0/s1. The molecule has 0 saturated carbocycles. The number of carbonyl (C=O) groups excluding carboxylic acids is 1. The molecular weight excluding hydrogens is 296 g/mol. The smallest absolute Gasteiger partial charge is 0.326 e. The Morgan fingerprint density at radius 3 is 2.81 bits per heavy atom. The fraction of sp³-hybridized carbons (Fsp3) is 0.500. The fourth-order valence-corrected chi connectivity index (χ4v) is 2.72. The van der Waals surface area contributed by atoms with Crippen molar-refractivity contribution < 1.29 is 19.8 Å². The average Bonchev–Trinajstić information content (AvgIpc) is 2.80. The lowest BCUT2D eigenvalue weighted by Crippen LogP contribution is -2.40. The van der Waals surface area contributed by atoms with Crippen LogP contribution in [0.15, 0.2) is 12.1 Å². The molecule has 0 aliphatic carbocycles. The highest BCUT2D eigenvalue weighted by Gasteiger charge is 2.39. The van der Waals surface area contributed by atoms with E-state index in [1.807, 2.05) is 6.92 Å². The van der Waals surface area contributed by atoms with Crippen molar-refractivity contribution in [2.45, 2.75) is 38.3 Å². The summed E-state index contributed by atoms with van der Waals surface area (Å²) < 4.78 is 0. The van der Waals surface area contributed by atoms with Crippen LogP contribution in [0, 0.1) is 0 Å². The van der Waals surface area contributed by atoms with Gasteiger partial charge in [-0.2, -0.15) is 0 Å². The van der Waals surface area contributed by atoms with Gasteiger partial charge < -0.3 is 15.1 Å². The van der Waals surface area contributed by atoms with Gasteiger partial charge >= 0.3 is 5.97 Å². The Hall–Kier alpha value is -1.66. The Morgan fingerprint density at radius 2 is 2.19 bits per heavy atom. The highest BCUT2D eigenvalue weighted by molar-refractivity contribution is 6.29. The molecule has 1 aliphatic rings. The molecule has 1 aromatic rings. The van der Waals surface area contributed by atoms with Crippen molar-refractivity contribution in [1.82, 2.24) is 9.88 Å². The molecule has 2 rings (SSSR count). The number of likely N-dealkylation sites (tertiary alicyclic amines) is 1. The zero-order valence-electron chi connectivity index (χ0n) is 11.6. The lowest BCUT2D eigenvalue weighted by Gasteiger charge is -2.21. The van der Waals surface area contributed by atoms with E-state index < -0.39 is 24.0 Å². The minimum absolute atomic E-state index is 0.0128. The first-order chi connectivity index (χ1) is 9.92. The quantitative estimate of drug-likeness (QED) is 0.819. The molecule has 21 heavy (non-hydrogen) atoms. The largest absolute Gasteiger partial charge is 0.480 e. The molecule has 2 heterocycles. The number of β-amino-alcohol motifs (C(OH)–C–C–N with tert-alkyl or cyclic N) is 1. The van der Waals surface area contributed by atoms with E-state index in [0.717, 1.165) is 6.42 Å². The minimum atomic E-state index is -1.12. The van der Waals surface area contributed by atoms with Gasteiger partial charge in [0.15, 0.2) is 0 Å². The zero-order chi connectivity index (χ0) is 15.6. The van der Waals surface area contributed by atoms with Gasteiger partial charge in [-0.25, -0.2) is 9.78 Å². The summed E-state index contributed by atoms with van der Waals surface area (Å²) in [4.78, 5) is 29.0. The van der Waals surface area contributed by atoms with E-state index in [9.17, 15) is 14.7 Å². The number of rotatable bonds is 4. The third kappa shape index (κ3) is 3.51. The van der Waals surface area contributed by atoms with E-state index >= 15 is 0 Å². The molecule has 1 aliphatic heterocycles. The number of aliphatic hydroxyl groups excluding tert-OH is 1. The van der Waals surface area contributed by atoms with E-state index in [1.165, 1.54) is 11.0 Å². The molecule has 0 unspecified atom stereocenters. The number of aryl methyl sites for hydroxylation is 1. The number of nitrogens with zero attached hydrogens (tertiary/aromatic N) is 2. The summed E-state index contributed by atoms with van der Waals surface area (Å²) in [5.41, 5.74) is 0.999. The number of pyridine rings is 1. The molecule has 2 atom stereocenters. The topological polar surface area (TPSA) is 90.7 Å². The van der Waals surface area contributed by atoms with Crippen LogP contribution in [0.2, 0.25) is 5.15 Å². The number of halogens is 1. The number of aliphatic hydroxyl groups is 1. The number of aromatic nitrogens is 1. The van der Waals surface area contributed by atoms with Crippen LogP contribution in [0.5, 0.6) is 0 Å². The van der Waals surface area contributed by atoms with Crippen molar-refractivity contribution in [3.63, 3.8) is 0 Å². The fourth-order valence-electron chi connectivity index (χ4n) is 2.50. The number of carboxylic acids is 1. The SMILES string of the molecule is CCCc1cc(C(=O)N2C[C@@H](O)C[C@H]2C(=O)O)cc(Cl)n1. The number of carboxylic acid groups (broad SMARTS) is 1. The van der Waals surface area contributed by atoms with Gasteiger partial charge in [-0.15, -0.1) is 0 Å². The molecule has 0 bridgehead atoms. The maximum atomic E-state index is 12.5. The van der Waals surface area contributed by atoms with Gasteiger partial charge in [0, 0.05) is 24.2 Å². The van der Waals surface area contributed by atoms with Gasteiger partial charge in [0.25, 0.3) is 5.91 Å². The average molecular weight is 313 g/mol. The van der Waals surface area contributed by atoms with Crippen LogP contribution >= 0.6 is 11.6 Å². The number of amides is 1. The summed E-state index contributed by atoms with van der Waals surface area (Å²) in [6, 6.07) is 2.04. The second kappa shape index (κ2) is 6.41. The minimum Gasteiger partial charge on any atom is -0.480 e. The summed E-state index contributed by atoms with van der Waals surface area (Å²) in [5.74, 6) is -1.56. The number of aliphatic carboxylic acids is 1. The molecule has 0 radical (unpaired) electrons. The number of hydrogen-bond acceptors (Lipinski definition) is 4. The van der Waals surface area contributed by atoms with Crippen LogP contribution in [-0.4, -0.2) is 50.7 Å². The number of hydrogen-bond donors (Lipinski definition) is 2. The van der Waals surface area contributed by atoms with E-state index in [-0.39, 0.29) is 18.1 Å². The second-order valence-electron chi connectivity index (χ2n) is 5.12. The van der Waals surface area contributed by atoms with Gasteiger partial charge in [0.05, 0.1) is 6.10 Å². The van der Waals surface area contributed by atoms with Crippen LogP contribution in [0.4, 0.5) is 0 Å². The highest BCUT2D eigenvalue weighted by atomic mass is 35.5. The molecule has 1 saturated heterocycles. The summed E-state index contributed by atoms with van der Waals surface area (Å²) in [6.45, 7) is 2.00. The van der Waals surface area contributed by atoms with E-state index in [1.54, 1.807) is 6.07 Å².